The fourth-order valence-electron chi connectivity index (χ4n) is 1.12. The summed E-state index contributed by atoms with van der Waals surface area (Å²) in [4.78, 5) is 21.4. The Hall–Kier alpha value is -2.10. The number of benzene rings is 1. The van der Waals surface area contributed by atoms with Crippen LogP contribution in [0.15, 0.2) is 30.4 Å². The third-order valence-corrected chi connectivity index (χ3v) is 2.13. The third-order valence-electron chi connectivity index (χ3n) is 2.13. The van der Waals surface area contributed by atoms with Crippen LogP contribution >= 0.6 is 0 Å². The molecule has 1 N–H and O–H groups in total. The normalized spacial score (nSPS) is 10.4. The van der Waals surface area contributed by atoms with Gasteiger partial charge in [0.2, 0.25) is 0 Å². The highest BCUT2D eigenvalue weighted by atomic mass is 16.5. The summed E-state index contributed by atoms with van der Waals surface area (Å²) in [7, 11) is 0. The molecule has 0 saturated heterocycles. The second kappa shape index (κ2) is 5.11. The summed E-state index contributed by atoms with van der Waals surface area (Å²) in [5, 5.41) is 8.33. The van der Waals surface area contributed by atoms with E-state index in [1.54, 1.807) is 12.1 Å². The van der Waals surface area contributed by atoms with Crippen LogP contribution in [0.4, 0.5) is 0 Å². The molecule has 0 heterocycles. The van der Waals surface area contributed by atoms with E-state index in [1.807, 2.05) is 19.9 Å². The fraction of sp³-hybridized carbons (Fsp3) is 0.167. The highest BCUT2D eigenvalue weighted by Gasteiger charge is 2.05. The zero-order chi connectivity index (χ0) is 12.1. The second-order valence-corrected chi connectivity index (χ2v) is 3.29. The second-order valence-electron chi connectivity index (χ2n) is 3.29. The van der Waals surface area contributed by atoms with Crippen LogP contribution in [0.5, 0.6) is 5.75 Å². The van der Waals surface area contributed by atoms with Gasteiger partial charge >= 0.3 is 11.9 Å². The van der Waals surface area contributed by atoms with E-state index >= 15 is 0 Å². The molecule has 16 heavy (non-hydrogen) atoms. The van der Waals surface area contributed by atoms with Crippen molar-refractivity contribution < 1.29 is 19.4 Å². The lowest BCUT2D eigenvalue weighted by molar-refractivity contribution is -0.133. The van der Waals surface area contributed by atoms with Gasteiger partial charge in [-0.2, -0.15) is 0 Å². The highest BCUT2D eigenvalue weighted by molar-refractivity contribution is 5.91. The maximum Gasteiger partial charge on any atom is 0.336 e. The summed E-state index contributed by atoms with van der Waals surface area (Å²) in [6.07, 6.45) is 1.62. The van der Waals surface area contributed by atoms with Crippen LogP contribution in [-0.2, 0) is 9.59 Å². The summed E-state index contributed by atoms with van der Waals surface area (Å²) in [6, 6.07) is 5.33. The summed E-state index contributed by atoms with van der Waals surface area (Å²) in [5.74, 6) is -1.44. The number of carboxylic acids is 1. The monoisotopic (exact) mass is 220 g/mol. The zero-order valence-electron chi connectivity index (χ0n) is 9.06. The molecule has 1 aromatic rings. The average molecular weight is 220 g/mol. The first-order valence-electron chi connectivity index (χ1n) is 4.69. The van der Waals surface area contributed by atoms with Gasteiger partial charge in [0.15, 0.2) is 0 Å². The Kier molecular flexibility index (Phi) is 3.83. The Bertz CT molecular complexity index is 446. The van der Waals surface area contributed by atoms with Crippen LogP contribution < -0.4 is 4.74 Å². The number of hydrogen-bond donors (Lipinski definition) is 1. The molecule has 1 rings (SSSR count). The molecule has 0 atom stereocenters. The van der Waals surface area contributed by atoms with Crippen LogP contribution in [0.2, 0.25) is 0 Å². The minimum absolute atomic E-state index is 0.444. The molecule has 0 bridgehead atoms. The minimum Gasteiger partial charge on any atom is -0.478 e. The number of carbonyl (C=O) groups excluding carboxylic acids is 1. The van der Waals surface area contributed by atoms with Crippen molar-refractivity contribution in [2.75, 3.05) is 0 Å². The van der Waals surface area contributed by atoms with Crippen molar-refractivity contribution in [1.82, 2.24) is 0 Å². The van der Waals surface area contributed by atoms with Crippen molar-refractivity contribution in [2.24, 2.45) is 0 Å². The van der Waals surface area contributed by atoms with Gasteiger partial charge in [-0.3, -0.25) is 0 Å². The van der Waals surface area contributed by atoms with E-state index in [-0.39, 0.29) is 0 Å². The van der Waals surface area contributed by atoms with Crippen LogP contribution in [0.3, 0.4) is 0 Å². The maximum absolute atomic E-state index is 11.2. The lowest BCUT2D eigenvalue weighted by Crippen LogP contribution is -2.06. The predicted molar refractivity (Wildman–Crippen MR) is 58.3 cm³/mol. The van der Waals surface area contributed by atoms with Gasteiger partial charge in [0.25, 0.3) is 0 Å². The first-order chi connectivity index (χ1) is 7.50. The van der Waals surface area contributed by atoms with E-state index in [1.165, 1.54) is 0 Å². The minimum atomic E-state index is -1.18. The number of aryl methyl sites for hydroxylation is 1. The molecule has 0 spiro atoms. The quantitative estimate of drug-likeness (QED) is 0.479. The van der Waals surface area contributed by atoms with Crippen molar-refractivity contribution in [1.29, 1.82) is 0 Å². The number of hydrogen-bond acceptors (Lipinski definition) is 3. The first-order valence-corrected chi connectivity index (χ1v) is 4.69. The SMILES string of the molecule is Cc1cccc(OC(=O)/C=C/C(=O)O)c1C. The molecule has 4 nitrogen and oxygen atoms in total. The van der Waals surface area contributed by atoms with Crippen LogP contribution in [0.1, 0.15) is 11.1 Å². The summed E-state index contributed by atoms with van der Waals surface area (Å²) >= 11 is 0. The fourth-order valence-corrected chi connectivity index (χ4v) is 1.12. The molecule has 0 fully saturated rings. The molecule has 0 aliphatic heterocycles. The third kappa shape index (κ3) is 3.24. The highest BCUT2D eigenvalue weighted by Crippen LogP contribution is 2.20. The topological polar surface area (TPSA) is 63.6 Å². The van der Waals surface area contributed by atoms with Gasteiger partial charge in [0.05, 0.1) is 0 Å². The van der Waals surface area contributed by atoms with Gasteiger partial charge in [0, 0.05) is 12.2 Å². The summed E-state index contributed by atoms with van der Waals surface area (Å²) in [6.45, 7) is 3.73. The molecule has 1 aromatic carbocycles. The van der Waals surface area contributed by atoms with E-state index < -0.39 is 11.9 Å². The van der Waals surface area contributed by atoms with E-state index in [0.29, 0.717) is 5.75 Å². The van der Waals surface area contributed by atoms with Gasteiger partial charge in [0.1, 0.15) is 5.75 Å². The van der Waals surface area contributed by atoms with Crippen molar-refractivity contribution in [2.45, 2.75) is 13.8 Å². The summed E-state index contributed by atoms with van der Waals surface area (Å²) < 4.78 is 4.99. The summed E-state index contributed by atoms with van der Waals surface area (Å²) in [5.41, 5.74) is 1.87. The molecule has 0 aliphatic rings. The molecule has 0 radical (unpaired) electrons. The number of ether oxygens (including phenoxy) is 1. The van der Waals surface area contributed by atoms with Crippen molar-refractivity contribution in [3.63, 3.8) is 0 Å². The van der Waals surface area contributed by atoms with E-state index in [4.69, 9.17) is 9.84 Å². The predicted octanol–water partition coefficient (Wildman–Crippen LogP) is 1.85. The van der Waals surface area contributed by atoms with Crippen molar-refractivity contribution in [3.8, 4) is 5.75 Å². The standard InChI is InChI=1S/C12H12O4/c1-8-4-3-5-10(9(8)2)16-12(15)7-6-11(13)14/h3-7H,1-2H3,(H,13,14)/b7-6+. The Morgan fingerprint density at radius 2 is 1.94 bits per heavy atom. The van der Waals surface area contributed by atoms with Gasteiger partial charge in [-0.15, -0.1) is 0 Å². The maximum atomic E-state index is 11.2. The number of aliphatic carboxylic acids is 1. The van der Waals surface area contributed by atoms with Gasteiger partial charge in [-0.05, 0) is 31.0 Å². The molecule has 0 aliphatic carbocycles. The number of carboxylic acid groups (broad SMARTS) is 1. The van der Waals surface area contributed by atoms with E-state index in [2.05, 4.69) is 0 Å². The molecule has 0 aromatic heterocycles. The largest absolute Gasteiger partial charge is 0.478 e. The number of rotatable bonds is 3. The van der Waals surface area contributed by atoms with Gasteiger partial charge in [-0.1, -0.05) is 12.1 Å². The van der Waals surface area contributed by atoms with Gasteiger partial charge in [-0.25, -0.2) is 9.59 Å². The lowest BCUT2D eigenvalue weighted by atomic mass is 10.1. The Morgan fingerprint density at radius 3 is 2.56 bits per heavy atom. The Balaban J connectivity index is 2.78. The smallest absolute Gasteiger partial charge is 0.336 e. The van der Waals surface area contributed by atoms with Crippen LogP contribution in [0.25, 0.3) is 0 Å². The molecule has 0 unspecified atom stereocenters. The van der Waals surface area contributed by atoms with Crippen LogP contribution in [-0.4, -0.2) is 17.0 Å². The van der Waals surface area contributed by atoms with Crippen molar-refractivity contribution in [3.05, 3.63) is 41.5 Å². The van der Waals surface area contributed by atoms with Gasteiger partial charge < -0.3 is 9.84 Å². The van der Waals surface area contributed by atoms with Crippen molar-refractivity contribution >= 4 is 11.9 Å². The number of carbonyl (C=O) groups is 2. The molecular weight excluding hydrogens is 208 g/mol. The zero-order valence-corrected chi connectivity index (χ0v) is 9.06. The molecular formula is C12H12O4. The first kappa shape index (κ1) is 12.0. The molecule has 0 amide bonds. The van der Waals surface area contributed by atoms with E-state index in [0.717, 1.165) is 23.3 Å². The lowest BCUT2D eigenvalue weighted by Gasteiger charge is -2.06. The molecule has 0 saturated carbocycles. The van der Waals surface area contributed by atoms with Crippen LogP contribution in [0, 0.1) is 13.8 Å². The number of esters is 1. The Morgan fingerprint density at radius 1 is 1.25 bits per heavy atom. The average Bonchev–Trinajstić information content (AvgIpc) is 2.22. The van der Waals surface area contributed by atoms with E-state index in [9.17, 15) is 9.59 Å². The molecule has 84 valence electrons. The molecule has 4 heteroatoms. The Labute approximate surface area is 93.2 Å².